The first-order valence-corrected chi connectivity index (χ1v) is 9.91. The van der Waals surface area contributed by atoms with Crippen molar-refractivity contribution >= 4 is 49.5 Å². The zero-order valence-corrected chi connectivity index (χ0v) is 15.0. The lowest BCUT2D eigenvalue weighted by Gasteiger charge is -2.03. The Hall–Kier alpha value is -3.46. The maximum atomic E-state index is 12.5. The first-order chi connectivity index (χ1) is 12.9. The number of H-pyrrole nitrogens is 1. The van der Waals surface area contributed by atoms with E-state index in [4.69, 9.17) is 0 Å². The molecular weight excluding hydrogens is 366 g/mol. The van der Waals surface area contributed by atoms with Crippen LogP contribution in [0.15, 0.2) is 54.7 Å². The highest BCUT2D eigenvalue weighted by Gasteiger charge is 2.13. The Morgan fingerprint density at radius 3 is 2.74 bits per heavy atom. The third kappa shape index (κ3) is 3.58. The smallest absolute Gasteiger partial charge is 0.259 e. The number of rotatable bonds is 4. The van der Waals surface area contributed by atoms with E-state index in [1.807, 2.05) is 24.3 Å². The third-order valence-electron chi connectivity index (χ3n) is 3.89. The summed E-state index contributed by atoms with van der Waals surface area (Å²) in [5.41, 5.74) is 2.53. The van der Waals surface area contributed by atoms with Crippen LogP contribution in [-0.2, 0) is 10.0 Å². The lowest BCUT2D eigenvalue weighted by molar-refractivity contribution is 0.102. The minimum atomic E-state index is -3.45. The van der Waals surface area contributed by atoms with Crippen LogP contribution in [0.2, 0.25) is 0 Å². The molecule has 27 heavy (non-hydrogen) atoms. The van der Waals surface area contributed by atoms with Gasteiger partial charge in [0.2, 0.25) is 16.0 Å². The van der Waals surface area contributed by atoms with Crippen LogP contribution in [-0.4, -0.2) is 35.5 Å². The summed E-state index contributed by atoms with van der Waals surface area (Å²) in [6, 6.07) is 14.3. The Morgan fingerprint density at radius 1 is 1.11 bits per heavy atom. The second-order valence-corrected chi connectivity index (χ2v) is 7.78. The number of benzene rings is 2. The molecule has 0 aliphatic carbocycles. The number of hydrogen-bond acceptors (Lipinski definition) is 5. The Balaban J connectivity index is 1.64. The van der Waals surface area contributed by atoms with Crippen LogP contribution in [0.4, 0.5) is 11.6 Å². The summed E-state index contributed by atoms with van der Waals surface area (Å²) in [4.78, 5) is 24.0. The van der Waals surface area contributed by atoms with Gasteiger partial charge in [-0.25, -0.2) is 13.4 Å². The topological polar surface area (TPSA) is 117 Å². The molecule has 0 radical (unpaired) electrons. The zero-order chi connectivity index (χ0) is 19.0. The molecule has 4 rings (SSSR count). The van der Waals surface area contributed by atoms with Crippen LogP contribution in [0, 0.1) is 0 Å². The first kappa shape index (κ1) is 17.0. The van der Waals surface area contributed by atoms with Gasteiger partial charge in [0.15, 0.2) is 0 Å². The summed E-state index contributed by atoms with van der Waals surface area (Å²) in [5.74, 6) is -0.157. The van der Waals surface area contributed by atoms with Crippen LogP contribution in [0.3, 0.4) is 0 Å². The molecule has 0 fully saturated rings. The van der Waals surface area contributed by atoms with E-state index in [1.54, 1.807) is 24.3 Å². The Bertz CT molecular complexity index is 1280. The molecule has 0 saturated heterocycles. The van der Waals surface area contributed by atoms with Gasteiger partial charge in [-0.05, 0) is 24.3 Å². The zero-order valence-electron chi connectivity index (χ0n) is 14.2. The fraction of sp³-hybridized carbons (Fsp3) is 0.0556. The monoisotopic (exact) mass is 381 g/mol. The molecule has 136 valence electrons. The molecule has 0 aliphatic rings. The van der Waals surface area contributed by atoms with Crippen molar-refractivity contribution in [1.82, 2.24) is 15.0 Å². The van der Waals surface area contributed by atoms with Crippen molar-refractivity contribution in [1.29, 1.82) is 0 Å². The quantitative estimate of drug-likeness (QED) is 0.502. The van der Waals surface area contributed by atoms with Gasteiger partial charge < -0.3 is 4.98 Å². The molecule has 1 amide bonds. The predicted octanol–water partition coefficient (Wildman–Crippen LogP) is 2.73. The highest BCUT2D eigenvalue weighted by Crippen LogP contribution is 2.24. The molecule has 0 aliphatic heterocycles. The van der Waals surface area contributed by atoms with E-state index < -0.39 is 10.0 Å². The Morgan fingerprint density at radius 2 is 1.93 bits per heavy atom. The van der Waals surface area contributed by atoms with Crippen molar-refractivity contribution in [3.8, 4) is 0 Å². The maximum Gasteiger partial charge on any atom is 0.259 e. The summed E-state index contributed by atoms with van der Waals surface area (Å²) < 4.78 is 25.4. The molecule has 4 aromatic rings. The average molecular weight is 381 g/mol. The van der Waals surface area contributed by atoms with Crippen molar-refractivity contribution in [2.45, 2.75) is 0 Å². The molecule has 2 aromatic heterocycles. The van der Waals surface area contributed by atoms with Crippen molar-refractivity contribution in [3.05, 3.63) is 60.3 Å². The number of para-hydroxylation sites is 2. The molecule has 3 N–H and O–H groups in total. The van der Waals surface area contributed by atoms with Gasteiger partial charge in [0.1, 0.15) is 5.52 Å². The van der Waals surface area contributed by atoms with Crippen molar-refractivity contribution in [2.75, 3.05) is 16.3 Å². The lowest BCUT2D eigenvalue weighted by Crippen LogP contribution is -2.13. The molecule has 8 nitrogen and oxygen atoms in total. The fourth-order valence-corrected chi connectivity index (χ4v) is 3.31. The van der Waals surface area contributed by atoms with E-state index in [0.29, 0.717) is 22.3 Å². The summed E-state index contributed by atoms with van der Waals surface area (Å²) in [6.07, 6.45) is 2.56. The normalized spacial score (nSPS) is 11.6. The maximum absolute atomic E-state index is 12.5. The fourth-order valence-electron chi connectivity index (χ4n) is 2.75. The summed E-state index contributed by atoms with van der Waals surface area (Å²) in [5, 5.41) is 3.54. The number of pyridine rings is 1. The standard InChI is InChI=1S/C18H15N5O3S/c1-27(25,26)23-15-8-4-7-14-16(15)21-18(20-14)22-17(24)12-9-11-5-2-3-6-13(11)19-10-12/h2-10,23H,1H3,(H2,20,21,22,24). The number of nitrogens with zero attached hydrogens (tertiary/aromatic N) is 2. The largest absolute Gasteiger partial charge is 0.324 e. The minimum Gasteiger partial charge on any atom is -0.324 e. The van der Waals surface area contributed by atoms with E-state index in [1.165, 1.54) is 6.20 Å². The van der Waals surface area contributed by atoms with Gasteiger partial charge in [0.25, 0.3) is 5.91 Å². The molecule has 0 atom stereocenters. The number of imidazole rings is 1. The Kier molecular flexibility index (Phi) is 4.00. The van der Waals surface area contributed by atoms with E-state index >= 15 is 0 Å². The van der Waals surface area contributed by atoms with Crippen LogP contribution in [0.25, 0.3) is 21.9 Å². The number of aromatic nitrogens is 3. The van der Waals surface area contributed by atoms with Gasteiger partial charge >= 0.3 is 0 Å². The van der Waals surface area contributed by atoms with E-state index in [0.717, 1.165) is 17.2 Å². The number of carbonyl (C=O) groups is 1. The van der Waals surface area contributed by atoms with Crippen molar-refractivity contribution in [2.24, 2.45) is 0 Å². The van der Waals surface area contributed by atoms with Gasteiger partial charge in [-0.2, -0.15) is 0 Å². The van der Waals surface area contributed by atoms with Gasteiger partial charge in [0, 0.05) is 11.6 Å². The summed E-state index contributed by atoms with van der Waals surface area (Å²) in [6.45, 7) is 0. The number of aromatic amines is 1. The van der Waals surface area contributed by atoms with Crippen molar-refractivity contribution < 1.29 is 13.2 Å². The number of sulfonamides is 1. The van der Waals surface area contributed by atoms with E-state index in [9.17, 15) is 13.2 Å². The average Bonchev–Trinajstić information content (AvgIpc) is 3.03. The first-order valence-electron chi connectivity index (χ1n) is 8.02. The second kappa shape index (κ2) is 6.36. The molecular formula is C18H15N5O3S. The number of hydrogen-bond donors (Lipinski definition) is 3. The molecule has 2 aromatic carbocycles. The van der Waals surface area contributed by atoms with Gasteiger partial charge in [-0.1, -0.05) is 24.3 Å². The molecule has 2 heterocycles. The predicted molar refractivity (Wildman–Crippen MR) is 104 cm³/mol. The molecule has 0 unspecified atom stereocenters. The van der Waals surface area contributed by atoms with Crippen LogP contribution in [0.1, 0.15) is 10.4 Å². The molecule has 0 saturated carbocycles. The van der Waals surface area contributed by atoms with Gasteiger partial charge in [0.05, 0.1) is 28.5 Å². The number of nitrogens with one attached hydrogen (secondary N) is 3. The lowest BCUT2D eigenvalue weighted by atomic mass is 10.1. The van der Waals surface area contributed by atoms with E-state index in [-0.39, 0.29) is 11.9 Å². The van der Waals surface area contributed by atoms with Crippen molar-refractivity contribution in [3.63, 3.8) is 0 Å². The molecule has 0 spiro atoms. The van der Waals surface area contributed by atoms with Crippen LogP contribution >= 0.6 is 0 Å². The van der Waals surface area contributed by atoms with Crippen LogP contribution < -0.4 is 10.0 Å². The second-order valence-electron chi connectivity index (χ2n) is 6.03. The van der Waals surface area contributed by atoms with Gasteiger partial charge in [-0.3, -0.25) is 19.8 Å². The highest BCUT2D eigenvalue weighted by molar-refractivity contribution is 7.92. The SMILES string of the molecule is CS(=O)(=O)Nc1cccc2[nH]c(NC(=O)c3cnc4ccccc4c3)nc12. The Labute approximate surface area is 154 Å². The molecule has 0 bridgehead atoms. The highest BCUT2D eigenvalue weighted by atomic mass is 32.2. The minimum absolute atomic E-state index is 0.214. The third-order valence-corrected chi connectivity index (χ3v) is 4.48. The van der Waals surface area contributed by atoms with E-state index in [2.05, 4.69) is 25.0 Å². The number of fused-ring (bicyclic) bond motifs is 2. The summed E-state index contributed by atoms with van der Waals surface area (Å²) >= 11 is 0. The summed E-state index contributed by atoms with van der Waals surface area (Å²) in [7, 11) is -3.45. The van der Waals surface area contributed by atoms with Gasteiger partial charge in [-0.15, -0.1) is 0 Å². The number of anilines is 2. The van der Waals surface area contributed by atoms with Crippen LogP contribution in [0.5, 0.6) is 0 Å². The molecule has 9 heteroatoms. The number of carbonyl (C=O) groups excluding carboxylic acids is 1. The number of amides is 1.